The van der Waals surface area contributed by atoms with Crippen LogP contribution < -0.4 is 16.0 Å². The molecular weight excluding hydrogens is 256 g/mol. The molecule has 20 heavy (non-hydrogen) atoms. The second kappa shape index (κ2) is 7.21. The Balaban J connectivity index is 2.05. The minimum Gasteiger partial charge on any atom is -0.396 e. The molecule has 1 aliphatic rings. The van der Waals surface area contributed by atoms with E-state index in [0.717, 1.165) is 31.5 Å². The molecule has 6 heteroatoms. The van der Waals surface area contributed by atoms with Crippen molar-refractivity contribution in [1.29, 1.82) is 0 Å². The molecule has 2 heterocycles. The summed E-state index contributed by atoms with van der Waals surface area (Å²) in [5, 5.41) is 11.8. The van der Waals surface area contributed by atoms with Crippen molar-refractivity contribution in [2.45, 2.75) is 31.7 Å². The smallest absolute Gasteiger partial charge is 0.239 e. The molecule has 0 aromatic carbocycles. The molecule has 0 radical (unpaired) electrons. The molecule has 0 saturated carbocycles. The molecule has 0 spiro atoms. The van der Waals surface area contributed by atoms with Crippen LogP contribution in [0.3, 0.4) is 0 Å². The van der Waals surface area contributed by atoms with Gasteiger partial charge in [-0.1, -0.05) is 0 Å². The Hall–Kier alpha value is -1.66. The van der Waals surface area contributed by atoms with E-state index in [2.05, 4.69) is 15.2 Å². The molecule has 1 saturated heterocycles. The Bertz CT molecular complexity index is 433. The van der Waals surface area contributed by atoms with Gasteiger partial charge < -0.3 is 21.1 Å². The van der Waals surface area contributed by atoms with E-state index in [-0.39, 0.29) is 19.1 Å². The van der Waals surface area contributed by atoms with Crippen LogP contribution in [0.5, 0.6) is 0 Å². The molecule has 1 unspecified atom stereocenters. The van der Waals surface area contributed by atoms with E-state index in [0.29, 0.717) is 11.9 Å². The number of aliphatic hydroxyl groups excluding tert-OH is 1. The number of nitrogens with one attached hydrogen (secondary N) is 1. The number of nitrogens with zero attached hydrogens (tertiary/aromatic N) is 2. The zero-order valence-corrected chi connectivity index (χ0v) is 11.6. The highest BCUT2D eigenvalue weighted by molar-refractivity contribution is 5.91. The summed E-state index contributed by atoms with van der Waals surface area (Å²) in [6, 6.07) is 4.11. The van der Waals surface area contributed by atoms with Crippen LogP contribution in [0.15, 0.2) is 18.3 Å². The van der Waals surface area contributed by atoms with Crippen molar-refractivity contribution in [3.8, 4) is 0 Å². The van der Waals surface area contributed by atoms with Crippen LogP contribution in [0, 0.1) is 0 Å². The topological polar surface area (TPSA) is 91.5 Å². The molecule has 1 aromatic heterocycles. The summed E-state index contributed by atoms with van der Waals surface area (Å²) in [5.74, 6) is 0.265. The first-order valence-electron chi connectivity index (χ1n) is 7.08. The van der Waals surface area contributed by atoms with Crippen LogP contribution in [0.4, 0.5) is 11.5 Å². The van der Waals surface area contributed by atoms with Gasteiger partial charge in [0, 0.05) is 19.2 Å². The van der Waals surface area contributed by atoms with Crippen molar-refractivity contribution in [2.75, 3.05) is 29.9 Å². The first-order valence-corrected chi connectivity index (χ1v) is 7.08. The summed E-state index contributed by atoms with van der Waals surface area (Å²) in [5.41, 5.74) is 6.28. The van der Waals surface area contributed by atoms with Crippen LogP contribution in [-0.2, 0) is 4.79 Å². The second-order valence-corrected chi connectivity index (χ2v) is 5.01. The third kappa shape index (κ3) is 3.68. The second-order valence-electron chi connectivity index (χ2n) is 5.01. The zero-order chi connectivity index (χ0) is 14.4. The fraction of sp³-hybridized carbons (Fsp3) is 0.571. The van der Waals surface area contributed by atoms with E-state index in [1.165, 1.54) is 6.42 Å². The van der Waals surface area contributed by atoms with E-state index in [1.54, 1.807) is 12.3 Å². The van der Waals surface area contributed by atoms with E-state index < -0.39 is 0 Å². The number of pyridine rings is 1. The van der Waals surface area contributed by atoms with Gasteiger partial charge in [-0.2, -0.15) is 0 Å². The van der Waals surface area contributed by atoms with Crippen molar-refractivity contribution in [1.82, 2.24) is 4.98 Å². The van der Waals surface area contributed by atoms with Crippen LogP contribution in [0.25, 0.3) is 0 Å². The monoisotopic (exact) mass is 278 g/mol. The lowest BCUT2D eigenvalue weighted by Crippen LogP contribution is -2.40. The molecule has 6 nitrogen and oxygen atoms in total. The van der Waals surface area contributed by atoms with Crippen LogP contribution in [0.1, 0.15) is 25.7 Å². The molecule has 110 valence electrons. The SMILES string of the molecule is NCC(=O)Nc1ccc(N2CCCCC2CCO)cn1. The number of carbonyl (C=O) groups excluding carboxylic acids is 1. The predicted octanol–water partition coefficient (Wildman–Crippen LogP) is 0.720. The molecule has 1 fully saturated rings. The average molecular weight is 278 g/mol. The lowest BCUT2D eigenvalue weighted by molar-refractivity contribution is -0.114. The molecule has 2 rings (SSSR count). The van der Waals surface area contributed by atoms with Gasteiger partial charge in [0.1, 0.15) is 5.82 Å². The average Bonchev–Trinajstić information content (AvgIpc) is 2.49. The minimum absolute atomic E-state index is 0.0475. The molecule has 1 aromatic rings. The Kier molecular flexibility index (Phi) is 5.31. The van der Waals surface area contributed by atoms with Gasteiger partial charge in [0.05, 0.1) is 18.4 Å². The van der Waals surface area contributed by atoms with E-state index in [9.17, 15) is 4.79 Å². The molecular formula is C14H22N4O2. The number of rotatable bonds is 5. The van der Waals surface area contributed by atoms with Crippen molar-refractivity contribution in [3.63, 3.8) is 0 Å². The summed E-state index contributed by atoms with van der Waals surface area (Å²) >= 11 is 0. The standard InChI is InChI=1S/C14H22N4O2/c15-9-14(20)17-13-5-4-12(10-16-13)18-7-2-1-3-11(18)6-8-19/h4-5,10-11,19H,1-3,6-9,15H2,(H,16,17,20). The third-order valence-corrected chi connectivity index (χ3v) is 3.62. The van der Waals surface area contributed by atoms with E-state index >= 15 is 0 Å². The normalized spacial score (nSPS) is 18.9. The Morgan fingerprint density at radius 2 is 2.35 bits per heavy atom. The van der Waals surface area contributed by atoms with Gasteiger partial charge in [-0.25, -0.2) is 4.98 Å². The lowest BCUT2D eigenvalue weighted by Gasteiger charge is -2.37. The number of hydrogen-bond acceptors (Lipinski definition) is 5. The van der Waals surface area contributed by atoms with Gasteiger partial charge in [-0.3, -0.25) is 4.79 Å². The zero-order valence-electron chi connectivity index (χ0n) is 11.6. The van der Waals surface area contributed by atoms with Crippen LogP contribution in [0.2, 0.25) is 0 Å². The molecule has 1 aliphatic heterocycles. The Morgan fingerprint density at radius 1 is 1.50 bits per heavy atom. The number of piperidine rings is 1. The Morgan fingerprint density at radius 3 is 3.00 bits per heavy atom. The summed E-state index contributed by atoms with van der Waals surface area (Å²) < 4.78 is 0. The van der Waals surface area contributed by atoms with Gasteiger partial charge in [0.25, 0.3) is 0 Å². The summed E-state index contributed by atoms with van der Waals surface area (Å²) in [6.45, 7) is 1.15. The summed E-state index contributed by atoms with van der Waals surface area (Å²) in [7, 11) is 0. The molecule has 4 N–H and O–H groups in total. The summed E-state index contributed by atoms with van der Waals surface area (Å²) in [6.07, 6.45) is 6.02. The number of carbonyl (C=O) groups is 1. The maximum Gasteiger partial charge on any atom is 0.239 e. The van der Waals surface area contributed by atoms with E-state index in [1.807, 2.05) is 6.07 Å². The third-order valence-electron chi connectivity index (χ3n) is 3.62. The highest BCUT2D eigenvalue weighted by atomic mass is 16.3. The lowest BCUT2D eigenvalue weighted by atomic mass is 9.99. The highest BCUT2D eigenvalue weighted by Gasteiger charge is 2.22. The number of nitrogens with two attached hydrogens (primary N) is 1. The number of aliphatic hydroxyl groups is 1. The van der Waals surface area contributed by atoms with Crippen molar-refractivity contribution >= 4 is 17.4 Å². The van der Waals surface area contributed by atoms with Crippen molar-refractivity contribution in [3.05, 3.63) is 18.3 Å². The summed E-state index contributed by atoms with van der Waals surface area (Å²) in [4.78, 5) is 17.7. The highest BCUT2D eigenvalue weighted by Crippen LogP contribution is 2.26. The van der Waals surface area contributed by atoms with Crippen LogP contribution in [-0.4, -0.2) is 41.7 Å². The maximum absolute atomic E-state index is 11.2. The van der Waals surface area contributed by atoms with Gasteiger partial charge in [0.15, 0.2) is 0 Å². The maximum atomic E-state index is 11.2. The predicted molar refractivity (Wildman–Crippen MR) is 78.6 cm³/mol. The fourth-order valence-corrected chi connectivity index (χ4v) is 2.61. The van der Waals surface area contributed by atoms with E-state index in [4.69, 9.17) is 10.8 Å². The minimum atomic E-state index is -0.249. The van der Waals surface area contributed by atoms with Crippen molar-refractivity contribution < 1.29 is 9.90 Å². The molecule has 1 atom stereocenters. The quantitative estimate of drug-likeness (QED) is 0.738. The molecule has 0 bridgehead atoms. The Labute approximate surface area is 119 Å². The number of anilines is 2. The van der Waals surface area contributed by atoms with Gasteiger partial charge >= 0.3 is 0 Å². The van der Waals surface area contributed by atoms with Gasteiger partial charge in [-0.05, 0) is 37.8 Å². The first kappa shape index (κ1) is 14.7. The van der Waals surface area contributed by atoms with Gasteiger partial charge in [-0.15, -0.1) is 0 Å². The number of hydrogen-bond donors (Lipinski definition) is 3. The van der Waals surface area contributed by atoms with Crippen LogP contribution >= 0.6 is 0 Å². The van der Waals surface area contributed by atoms with Gasteiger partial charge in [0.2, 0.25) is 5.91 Å². The number of amides is 1. The number of aromatic nitrogens is 1. The van der Waals surface area contributed by atoms with Crippen molar-refractivity contribution in [2.24, 2.45) is 5.73 Å². The fourth-order valence-electron chi connectivity index (χ4n) is 2.61. The first-order chi connectivity index (χ1) is 9.74. The molecule has 1 amide bonds. The largest absolute Gasteiger partial charge is 0.396 e. The molecule has 0 aliphatic carbocycles.